The summed E-state index contributed by atoms with van der Waals surface area (Å²) >= 11 is -0.817. The van der Waals surface area contributed by atoms with Crippen LogP contribution in [0.25, 0.3) is 0 Å². The fourth-order valence-electron chi connectivity index (χ4n) is 0.0105. The monoisotopic (exact) mass is 262 g/mol. The molecule has 0 saturated carbocycles. The second kappa shape index (κ2) is 6.85. The number of hydrogen-bond acceptors (Lipinski definition) is 8. The van der Waals surface area contributed by atoms with Gasteiger partial charge in [-0.2, -0.15) is 0 Å². The van der Waals surface area contributed by atoms with Gasteiger partial charge in [-0.1, -0.05) is 0 Å². The molecule has 0 spiro atoms. The first-order valence-corrected chi connectivity index (χ1v) is 4.04. The maximum atomic E-state index is 8.88. The first kappa shape index (κ1) is 12.4. The number of nitroso groups, excluding NO2 is 2. The van der Waals surface area contributed by atoms with E-state index in [9.17, 15) is 0 Å². The van der Waals surface area contributed by atoms with E-state index in [4.69, 9.17) is 27.3 Å². The molecule has 0 aliphatic rings. The second-order valence-electron chi connectivity index (χ2n) is 0.587. The second-order valence-corrected chi connectivity index (χ2v) is 2.28. The van der Waals surface area contributed by atoms with Crippen LogP contribution in [0.5, 0.6) is 0 Å². The van der Waals surface area contributed by atoms with Crippen LogP contribution in [-0.4, -0.2) is 17.5 Å². The van der Waals surface area contributed by atoms with E-state index in [1.165, 1.54) is 0 Å². The first-order chi connectivity index (χ1) is 4.41. The zero-order valence-electron chi connectivity index (χ0n) is 4.07. The molecule has 8 nitrogen and oxygen atoms in total. The molecule has 10 heavy (non-hydrogen) atoms. The first-order valence-electron chi connectivity index (χ1n) is 1.31. The van der Waals surface area contributed by atoms with Crippen LogP contribution in [0.1, 0.15) is 0 Å². The Balaban J connectivity index is 0. The van der Waals surface area contributed by atoms with Gasteiger partial charge in [0.1, 0.15) is 0 Å². The van der Waals surface area contributed by atoms with Gasteiger partial charge in [0, 0.05) is 10.4 Å². The van der Waals surface area contributed by atoms with E-state index in [1.54, 1.807) is 0 Å². The molecular formula is N2O6PdS. The van der Waals surface area contributed by atoms with Crippen molar-refractivity contribution in [2.24, 2.45) is 7.62 Å². The third-order valence-electron chi connectivity index (χ3n) is 0.0516. The molecule has 0 radical (unpaired) electrons. The van der Waals surface area contributed by atoms with E-state index < -0.39 is 28.9 Å². The summed E-state index contributed by atoms with van der Waals surface area (Å²) in [5.41, 5.74) is 0. The topological polar surface area (TPSA) is 139 Å². The zero-order chi connectivity index (χ0) is 8.62. The Morgan fingerprint density at radius 1 is 1.10 bits per heavy atom. The fraction of sp³-hybridized carbons (Fsp3) is 0. The van der Waals surface area contributed by atoms with Gasteiger partial charge < -0.3 is 9.11 Å². The molecule has 0 aromatic heterocycles. The Kier molecular flexibility index (Phi) is 8.50. The van der Waals surface area contributed by atoms with Crippen molar-refractivity contribution < 1.29 is 36.0 Å². The molecule has 0 saturated heterocycles. The van der Waals surface area contributed by atoms with Crippen molar-refractivity contribution >= 4 is 10.4 Å². The number of hydrogen-bond donors (Lipinski definition) is 0. The summed E-state index contributed by atoms with van der Waals surface area (Å²) in [5, 5.41) is 0. The van der Waals surface area contributed by atoms with Crippen molar-refractivity contribution in [1.29, 1.82) is 0 Å². The molecule has 0 aromatic carbocycles. The van der Waals surface area contributed by atoms with Crippen molar-refractivity contribution in [3.05, 3.63) is 9.81 Å². The molecule has 10 heteroatoms. The van der Waals surface area contributed by atoms with Crippen LogP contribution in [0.3, 0.4) is 0 Å². The Morgan fingerprint density at radius 3 is 1.30 bits per heavy atom. The molecule has 62 valence electrons. The van der Waals surface area contributed by atoms with E-state index >= 15 is 0 Å². The van der Waals surface area contributed by atoms with Crippen molar-refractivity contribution in [3.63, 3.8) is 0 Å². The molecule has 0 rings (SSSR count). The van der Waals surface area contributed by atoms with Crippen molar-refractivity contribution in [2.75, 3.05) is 0 Å². The summed E-state index contributed by atoms with van der Waals surface area (Å²) in [6.45, 7) is 0. The van der Waals surface area contributed by atoms with Gasteiger partial charge in [-0.25, -0.2) is 0 Å². The molecule has 0 aliphatic carbocycles. The molecule has 0 amide bonds. The van der Waals surface area contributed by atoms with Gasteiger partial charge in [0.2, 0.25) is 0 Å². The van der Waals surface area contributed by atoms with E-state index in [1.807, 2.05) is 0 Å². The van der Waals surface area contributed by atoms with Gasteiger partial charge in [-0.3, -0.25) is 8.42 Å². The zero-order valence-corrected chi connectivity index (χ0v) is 6.44. The van der Waals surface area contributed by atoms with Gasteiger partial charge in [0.05, 0.1) is 0 Å². The average Bonchev–Trinajstić information content (AvgIpc) is 1.63. The van der Waals surface area contributed by atoms with Crippen LogP contribution in [0, 0.1) is 9.81 Å². The quantitative estimate of drug-likeness (QED) is 0.273. The maximum absolute atomic E-state index is 8.88. The number of rotatable bonds is 2. The molecule has 0 aliphatic heterocycles. The Hall–Kier alpha value is -0.268. The van der Waals surface area contributed by atoms with Crippen LogP contribution in [-0.2, 0) is 28.9 Å². The van der Waals surface area contributed by atoms with E-state index in [-0.39, 0.29) is 0 Å². The van der Waals surface area contributed by atoms with Gasteiger partial charge in [0.25, 0.3) is 0 Å². The Morgan fingerprint density at radius 2 is 1.30 bits per heavy atom. The van der Waals surface area contributed by atoms with Gasteiger partial charge >= 0.3 is 35.9 Å². The van der Waals surface area contributed by atoms with Crippen LogP contribution in [0.2, 0.25) is 0 Å². The molecule has 0 heterocycles. The average molecular weight is 262 g/mol. The van der Waals surface area contributed by atoms with Crippen LogP contribution >= 0.6 is 0 Å². The SMILES string of the molecule is O=S(=O)([O-])[O-].O=[N][Pd+2][N]=O. The standard InChI is InChI=1S/2NO.H2O4S.Pd/c2*1-2;1-5(2,3)4;/h;;(H2,1,2,3,4);/q2*-1;;+4/p-2. The predicted octanol–water partition coefficient (Wildman–Crippen LogP) is -0.906. The number of nitrogens with zero attached hydrogens (tertiary/aromatic N) is 2. The van der Waals surface area contributed by atoms with Crippen LogP contribution < -0.4 is 0 Å². The molecule has 0 fully saturated rings. The summed E-state index contributed by atoms with van der Waals surface area (Å²) < 4.78 is 38.4. The fourth-order valence-corrected chi connectivity index (χ4v) is 0.0624. The molecule has 0 aromatic rings. The summed E-state index contributed by atoms with van der Waals surface area (Å²) in [6.07, 6.45) is 0. The summed E-state index contributed by atoms with van der Waals surface area (Å²) in [4.78, 5) is 17.8. The van der Waals surface area contributed by atoms with Gasteiger partial charge in [0.15, 0.2) is 0 Å². The molecule has 0 bridgehead atoms. The summed E-state index contributed by atoms with van der Waals surface area (Å²) in [5.74, 6) is 0. The van der Waals surface area contributed by atoms with Gasteiger partial charge in [-0.05, 0) is 0 Å². The third kappa shape index (κ3) is 117. The normalized spacial score (nSPS) is 9.40. The molecule has 0 N–H and O–H groups in total. The predicted molar refractivity (Wildman–Crippen MR) is 22.1 cm³/mol. The van der Waals surface area contributed by atoms with E-state index in [2.05, 4.69) is 7.62 Å². The molecular weight excluding hydrogens is 262 g/mol. The van der Waals surface area contributed by atoms with Gasteiger partial charge in [-0.15, -0.1) is 0 Å². The van der Waals surface area contributed by atoms with Crippen molar-refractivity contribution in [2.45, 2.75) is 0 Å². The summed E-state index contributed by atoms with van der Waals surface area (Å²) in [7, 11) is -5.17. The Bertz CT molecular complexity index is 168. The van der Waals surface area contributed by atoms with Crippen LogP contribution in [0.4, 0.5) is 0 Å². The minimum absolute atomic E-state index is 0.817. The third-order valence-corrected chi connectivity index (χ3v) is 0.306. The van der Waals surface area contributed by atoms with E-state index in [0.29, 0.717) is 0 Å². The van der Waals surface area contributed by atoms with E-state index in [0.717, 1.165) is 0 Å². The molecule has 0 unspecified atom stereocenters. The van der Waals surface area contributed by atoms with Crippen LogP contribution in [0.15, 0.2) is 7.62 Å². The molecule has 0 atom stereocenters. The van der Waals surface area contributed by atoms with Crippen molar-refractivity contribution in [1.82, 2.24) is 0 Å². The van der Waals surface area contributed by atoms with Crippen molar-refractivity contribution in [3.8, 4) is 0 Å². The Labute approximate surface area is 64.2 Å². The minimum atomic E-state index is -5.17. The summed E-state index contributed by atoms with van der Waals surface area (Å²) in [6, 6.07) is 0.